The molecular weight excluding hydrogens is 891 g/mol. The molecule has 0 radical (unpaired) electrons. The number of hydrogen-bond acceptors (Lipinski definition) is 3. The Morgan fingerprint density at radius 1 is 0.684 bits per heavy atom. The van der Waals surface area contributed by atoms with E-state index < -0.39 is 8.07 Å². The Morgan fingerprint density at radius 3 is 2.09 bits per heavy atom. The predicted molar refractivity (Wildman–Crippen MR) is 238 cm³/mol. The van der Waals surface area contributed by atoms with Gasteiger partial charge in [0.15, 0.2) is 0 Å². The quantitative estimate of drug-likeness (QED) is 0.118. The Balaban J connectivity index is 0.000000188. The maximum atomic E-state index is 6.07. The molecule has 2 aromatic heterocycles. The fraction of sp³-hybridized carbons (Fsp3) is 0.196. The molecule has 286 valence electrons. The van der Waals surface area contributed by atoms with Gasteiger partial charge in [0.25, 0.3) is 0 Å². The fourth-order valence-electron chi connectivity index (χ4n) is 7.60. The number of anilines is 2. The maximum absolute atomic E-state index is 6.07. The molecule has 1 aliphatic rings. The van der Waals surface area contributed by atoms with Crippen LogP contribution in [0.15, 0.2) is 150 Å². The van der Waals surface area contributed by atoms with Crippen molar-refractivity contribution >= 4 is 52.3 Å². The van der Waals surface area contributed by atoms with Crippen molar-refractivity contribution in [2.45, 2.75) is 65.3 Å². The standard InChI is InChI=1S/C31H28N2O.C20H20NSi.Ir/c1-19(2)22-11-9-12-23(20(3)4)30(22)33-27-14-7-6-13-26(27)32-31(33)21-16-17-29-25(18-21)24-10-5-8-15-28(24)34-29;1-22(2,3)19-12-13-20(21-15-19)18-11-7-10-17(14-18)16-8-5-4-6-9-16;/h5-15,17-20,31H,1-4H3;4-10,12-15H,1-3H3;/q-2;-1;+3. The zero-order valence-electron chi connectivity index (χ0n) is 33.7. The number of nitrogens with zero attached hydrogens (tertiary/aromatic N) is 3. The van der Waals surface area contributed by atoms with Crippen molar-refractivity contribution < 1.29 is 24.5 Å². The van der Waals surface area contributed by atoms with Crippen LogP contribution in [0.3, 0.4) is 0 Å². The summed E-state index contributed by atoms with van der Waals surface area (Å²) in [4.78, 5) is 7.08. The first kappa shape index (κ1) is 40.0. The van der Waals surface area contributed by atoms with Crippen molar-refractivity contribution in [3.63, 3.8) is 0 Å². The number of benzene rings is 6. The molecule has 0 saturated carbocycles. The molecule has 6 heteroatoms. The van der Waals surface area contributed by atoms with Crippen LogP contribution >= 0.6 is 0 Å². The fourth-order valence-corrected chi connectivity index (χ4v) is 8.63. The first-order valence-corrected chi connectivity index (χ1v) is 23.2. The van der Waals surface area contributed by atoms with E-state index in [9.17, 15) is 0 Å². The van der Waals surface area contributed by atoms with Crippen LogP contribution in [0.4, 0.5) is 17.1 Å². The van der Waals surface area contributed by atoms with E-state index in [1.165, 1.54) is 33.1 Å². The largest absolute Gasteiger partial charge is 3.00 e. The molecular formula is C51H48IrN3OSi. The van der Waals surface area contributed by atoms with Gasteiger partial charge in [0.05, 0.1) is 8.07 Å². The molecule has 3 heterocycles. The number of para-hydroxylation sites is 4. The second-order valence-electron chi connectivity index (χ2n) is 16.3. The van der Waals surface area contributed by atoms with Gasteiger partial charge in [-0.05, 0) is 57.7 Å². The number of rotatable bonds is 7. The van der Waals surface area contributed by atoms with Crippen LogP contribution in [0.5, 0.6) is 0 Å². The molecule has 0 fully saturated rings. The molecule has 1 atom stereocenters. The van der Waals surface area contributed by atoms with Crippen molar-refractivity contribution in [2.75, 3.05) is 4.90 Å². The third kappa shape index (κ3) is 8.13. The minimum absolute atomic E-state index is 0. The van der Waals surface area contributed by atoms with Crippen LogP contribution < -0.4 is 10.1 Å². The van der Waals surface area contributed by atoms with Gasteiger partial charge in [-0.1, -0.05) is 150 Å². The molecule has 6 aromatic carbocycles. The van der Waals surface area contributed by atoms with E-state index >= 15 is 0 Å². The second kappa shape index (κ2) is 16.7. The summed E-state index contributed by atoms with van der Waals surface area (Å²) >= 11 is 0. The minimum atomic E-state index is -1.29. The Labute approximate surface area is 352 Å². The summed E-state index contributed by atoms with van der Waals surface area (Å²) in [6.07, 6.45) is 1.85. The van der Waals surface area contributed by atoms with E-state index in [1.807, 2.05) is 36.5 Å². The summed E-state index contributed by atoms with van der Waals surface area (Å²) in [5, 5.41) is 8.83. The molecule has 0 saturated heterocycles. The van der Waals surface area contributed by atoms with E-state index in [0.29, 0.717) is 11.8 Å². The normalized spacial score (nSPS) is 13.6. The molecule has 9 rings (SSSR count). The zero-order valence-corrected chi connectivity index (χ0v) is 37.1. The molecule has 1 unspecified atom stereocenters. The second-order valence-corrected chi connectivity index (χ2v) is 21.3. The molecule has 8 aromatic rings. The van der Waals surface area contributed by atoms with Crippen molar-refractivity contribution in [1.82, 2.24) is 4.98 Å². The van der Waals surface area contributed by atoms with Gasteiger partial charge in [-0.3, -0.25) is 0 Å². The topological polar surface area (TPSA) is 43.4 Å². The Kier molecular flexibility index (Phi) is 11.7. The van der Waals surface area contributed by atoms with Crippen LogP contribution in [-0.2, 0) is 20.1 Å². The number of furan rings is 1. The van der Waals surface area contributed by atoms with E-state index in [0.717, 1.165) is 50.1 Å². The average molecular weight is 939 g/mol. The molecule has 1 aliphatic heterocycles. The van der Waals surface area contributed by atoms with Crippen molar-refractivity contribution in [3.8, 4) is 22.4 Å². The van der Waals surface area contributed by atoms with Crippen LogP contribution in [0.25, 0.3) is 49.6 Å². The molecule has 4 nitrogen and oxygen atoms in total. The average Bonchev–Trinajstić information content (AvgIpc) is 3.79. The molecule has 57 heavy (non-hydrogen) atoms. The van der Waals surface area contributed by atoms with Gasteiger partial charge < -0.3 is 19.6 Å². The Bertz CT molecular complexity index is 2600. The van der Waals surface area contributed by atoms with Gasteiger partial charge in [0.2, 0.25) is 0 Å². The van der Waals surface area contributed by atoms with Gasteiger partial charge in [-0.2, -0.15) is 17.7 Å². The zero-order chi connectivity index (χ0) is 39.0. The summed E-state index contributed by atoms with van der Waals surface area (Å²) in [7, 11) is -1.29. The van der Waals surface area contributed by atoms with Crippen LogP contribution in [0, 0.1) is 12.1 Å². The summed E-state index contributed by atoms with van der Waals surface area (Å²) < 4.78 is 6.07. The Hall–Kier alpha value is -5.26. The van der Waals surface area contributed by atoms with Crippen molar-refractivity contribution in [2.24, 2.45) is 0 Å². The number of aromatic nitrogens is 1. The monoisotopic (exact) mass is 939 g/mol. The summed E-state index contributed by atoms with van der Waals surface area (Å²) in [6.45, 7) is 16.1. The molecule has 0 aliphatic carbocycles. The first-order valence-electron chi connectivity index (χ1n) is 19.7. The summed E-state index contributed by atoms with van der Waals surface area (Å²) in [6, 6.07) is 55.4. The van der Waals surface area contributed by atoms with E-state index in [1.54, 1.807) is 0 Å². The van der Waals surface area contributed by atoms with E-state index in [4.69, 9.17) is 9.73 Å². The van der Waals surface area contributed by atoms with Crippen molar-refractivity contribution in [3.05, 3.63) is 180 Å². The molecule has 0 amide bonds. The number of hydrogen-bond donors (Lipinski definition) is 0. The van der Waals surface area contributed by atoms with Gasteiger partial charge in [0, 0.05) is 28.5 Å². The first-order chi connectivity index (χ1) is 27.1. The van der Waals surface area contributed by atoms with Gasteiger partial charge in [-0.15, -0.1) is 47.1 Å². The molecule has 0 spiro atoms. The van der Waals surface area contributed by atoms with Gasteiger partial charge in [0.1, 0.15) is 5.58 Å². The Morgan fingerprint density at radius 2 is 1.39 bits per heavy atom. The van der Waals surface area contributed by atoms with Crippen LogP contribution in [0.1, 0.15) is 62.4 Å². The summed E-state index contributed by atoms with van der Waals surface area (Å²) in [5.41, 5.74) is 13.4. The number of pyridine rings is 1. The molecule has 0 bridgehead atoms. The van der Waals surface area contributed by atoms with Crippen LogP contribution in [0.2, 0.25) is 19.6 Å². The minimum Gasteiger partial charge on any atom is -0.661 e. The van der Waals surface area contributed by atoms with E-state index in [2.05, 4.69) is 179 Å². The SMILES string of the molecule is CC(C)c1cccc(C(C)C)c1N1c2ccccc2[N-]C1c1[c-]cc2oc3ccccc3c2c1.C[Si](C)(C)c1ccc(-c2[c-]ccc(-c3ccccc3)c2)nc1.[Ir+3]. The summed E-state index contributed by atoms with van der Waals surface area (Å²) in [5.74, 6) is 0.790. The third-order valence-corrected chi connectivity index (χ3v) is 12.7. The van der Waals surface area contributed by atoms with E-state index in [-0.39, 0.29) is 26.3 Å². The third-order valence-electron chi connectivity index (χ3n) is 10.7. The smallest absolute Gasteiger partial charge is 0.661 e. The maximum Gasteiger partial charge on any atom is 3.00 e. The van der Waals surface area contributed by atoms with Crippen molar-refractivity contribution in [1.29, 1.82) is 0 Å². The van der Waals surface area contributed by atoms with Gasteiger partial charge in [-0.25, -0.2) is 0 Å². The molecule has 0 N–H and O–H groups in total. The predicted octanol–water partition coefficient (Wildman–Crippen LogP) is 14.2. The van der Waals surface area contributed by atoms with Gasteiger partial charge >= 0.3 is 20.1 Å². The number of fused-ring (bicyclic) bond motifs is 4. The van der Waals surface area contributed by atoms with Crippen LogP contribution in [-0.4, -0.2) is 13.1 Å².